The van der Waals surface area contributed by atoms with E-state index in [1.54, 1.807) is 14.2 Å². The van der Waals surface area contributed by atoms with Crippen molar-refractivity contribution in [3.8, 4) is 23.0 Å². The summed E-state index contributed by atoms with van der Waals surface area (Å²) in [5, 5.41) is 11.3. The van der Waals surface area contributed by atoms with Gasteiger partial charge < -0.3 is 28.8 Å². The van der Waals surface area contributed by atoms with Crippen molar-refractivity contribution < 1.29 is 28.8 Å². The number of hydrogen-bond acceptors (Lipinski definition) is 6. The van der Waals surface area contributed by atoms with Gasteiger partial charge in [0.05, 0.1) is 33.2 Å². The van der Waals surface area contributed by atoms with Gasteiger partial charge in [-0.2, -0.15) is 0 Å². The van der Waals surface area contributed by atoms with Crippen LogP contribution in [0.3, 0.4) is 0 Å². The van der Waals surface area contributed by atoms with E-state index in [1.807, 2.05) is 37.3 Å². The van der Waals surface area contributed by atoms with Crippen LogP contribution in [0.1, 0.15) is 34.3 Å². The zero-order chi connectivity index (χ0) is 22.1. The molecule has 1 heterocycles. The second-order valence-corrected chi connectivity index (χ2v) is 7.78. The van der Waals surface area contributed by atoms with Crippen molar-refractivity contribution in [2.24, 2.45) is 11.8 Å². The zero-order valence-electron chi connectivity index (χ0n) is 18.1. The molecule has 0 amide bonds. The molecule has 2 aromatic rings. The lowest BCUT2D eigenvalue weighted by atomic mass is 9.65. The van der Waals surface area contributed by atoms with E-state index in [2.05, 4.69) is 13.2 Å². The van der Waals surface area contributed by atoms with Crippen LogP contribution in [0, 0.1) is 18.8 Å². The Labute approximate surface area is 182 Å². The third kappa shape index (κ3) is 3.51. The zero-order valence-corrected chi connectivity index (χ0v) is 18.1. The van der Waals surface area contributed by atoms with E-state index >= 15 is 0 Å². The summed E-state index contributed by atoms with van der Waals surface area (Å²) in [7, 11) is 3.29. The number of aliphatic hydroxyl groups excluding tert-OH is 1. The van der Waals surface area contributed by atoms with Crippen LogP contribution in [0.5, 0.6) is 23.0 Å². The van der Waals surface area contributed by atoms with Crippen LogP contribution in [0.25, 0.3) is 0 Å². The SMILES string of the molecule is C=COCC1C(O)c2cc3c(cc2C(c2cc(OC)c(C)c(OC)c2)C1C=C)OCO3. The first-order chi connectivity index (χ1) is 15.0. The first-order valence-electron chi connectivity index (χ1n) is 10.2. The third-order valence-electron chi connectivity index (χ3n) is 6.33. The van der Waals surface area contributed by atoms with Crippen molar-refractivity contribution in [1.82, 2.24) is 0 Å². The third-order valence-corrected chi connectivity index (χ3v) is 6.33. The molecular weight excluding hydrogens is 396 g/mol. The van der Waals surface area contributed by atoms with Crippen molar-refractivity contribution in [1.29, 1.82) is 0 Å². The minimum Gasteiger partial charge on any atom is -0.501 e. The second-order valence-electron chi connectivity index (χ2n) is 7.78. The number of ether oxygens (including phenoxy) is 5. The van der Waals surface area contributed by atoms with E-state index in [1.165, 1.54) is 6.26 Å². The van der Waals surface area contributed by atoms with Gasteiger partial charge in [-0.3, -0.25) is 0 Å². The monoisotopic (exact) mass is 424 g/mol. The van der Waals surface area contributed by atoms with Gasteiger partial charge in [-0.15, -0.1) is 6.58 Å². The highest BCUT2D eigenvalue weighted by atomic mass is 16.7. The Morgan fingerprint density at radius 1 is 1.03 bits per heavy atom. The van der Waals surface area contributed by atoms with Crippen molar-refractivity contribution >= 4 is 0 Å². The molecule has 164 valence electrons. The first kappa shape index (κ1) is 21.1. The van der Waals surface area contributed by atoms with Gasteiger partial charge in [0, 0.05) is 17.4 Å². The largest absolute Gasteiger partial charge is 0.501 e. The van der Waals surface area contributed by atoms with Crippen LogP contribution < -0.4 is 18.9 Å². The molecule has 0 fully saturated rings. The Balaban J connectivity index is 1.94. The highest BCUT2D eigenvalue weighted by Gasteiger charge is 2.43. The molecule has 2 aromatic carbocycles. The summed E-state index contributed by atoms with van der Waals surface area (Å²) in [6, 6.07) is 7.89. The summed E-state index contributed by atoms with van der Waals surface area (Å²) in [6.45, 7) is 10.2. The lowest BCUT2D eigenvalue weighted by Gasteiger charge is -2.41. The molecule has 0 spiro atoms. The Morgan fingerprint density at radius 2 is 1.65 bits per heavy atom. The average Bonchev–Trinajstić information content (AvgIpc) is 3.25. The number of methoxy groups -OCH3 is 2. The molecule has 0 saturated heterocycles. The first-order valence-corrected chi connectivity index (χ1v) is 10.2. The van der Waals surface area contributed by atoms with Gasteiger partial charge in [0.25, 0.3) is 0 Å². The smallest absolute Gasteiger partial charge is 0.231 e. The normalized spacial score (nSPS) is 23.6. The summed E-state index contributed by atoms with van der Waals surface area (Å²) in [5.74, 6) is 2.33. The van der Waals surface area contributed by atoms with Gasteiger partial charge in [0.1, 0.15) is 11.5 Å². The van der Waals surface area contributed by atoms with Crippen LogP contribution in [-0.2, 0) is 4.74 Å². The maximum Gasteiger partial charge on any atom is 0.231 e. The second kappa shape index (κ2) is 8.55. The molecule has 0 bridgehead atoms. The Bertz CT molecular complexity index is 973. The number of hydrogen-bond donors (Lipinski definition) is 1. The molecule has 0 aromatic heterocycles. The van der Waals surface area contributed by atoms with Gasteiger partial charge in [-0.25, -0.2) is 0 Å². The van der Waals surface area contributed by atoms with Gasteiger partial charge in [-0.1, -0.05) is 12.7 Å². The summed E-state index contributed by atoms with van der Waals surface area (Å²) < 4.78 is 28.0. The minimum atomic E-state index is -0.752. The lowest BCUT2D eigenvalue weighted by molar-refractivity contribution is 0.0237. The Kier molecular flexibility index (Phi) is 5.83. The summed E-state index contributed by atoms with van der Waals surface area (Å²) >= 11 is 0. The number of rotatable bonds is 7. The fraction of sp³-hybridized carbons (Fsp3) is 0.360. The molecular formula is C25H28O6. The standard InChI is InChI=1S/C25H28O6/c1-6-16-19(12-29-7-2)25(26)18-11-23-22(30-13-31-23)10-17(18)24(16)15-8-20(27-4)14(3)21(9-15)28-5/h6-11,16,19,24-26H,1-2,12-13H2,3-5H3. The van der Waals surface area contributed by atoms with Gasteiger partial charge in [0.15, 0.2) is 11.5 Å². The van der Waals surface area contributed by atoms with Crippen LogP contribution in [0.4, 0.5) is 0 Å². The number of allylic oxidation sites excluding steroid dienone is 1. The molecule has 1 aliphatic carbocycles. The van der Waals surface area contributed by atoms with Crippen molar-refractivity contribution in [2.75, 3.05) is 27.6 Å². The van der Waals surface area contributed by atoms with E-state index < -0.39 is 6.10 Å². The predicted octanol–water partition coefficient (Wildman–Crippen LogP) is 4.50. The molecule has 0 radical (unpaired) electrons. The molecule has 31 heavy (non-hydrogen) atoms. The minimum absolute atomic E-state index is 0.111. The van der Waals surface area contributed by atoms with E-state index in [4.69, 9.17) is 23.7 Å². The summed E-state index contributed by atoms with van der Waals surface area (Å²) in [5.41, 5.74) is 3.69. The molecule has 1 aliphatic heterocycles. The van der Waals surface area contributed by atoms with Crippen molar-refractivity contribution in [3.63, 3.8) is 0 Å². The topological polar surface area (TPSA) is 66.4 Å². The van der Waals surface area contributed by atoms with Crippen molar-refractivity contribution in [3.05, 3.63) is 72.0 Å². The maximum absolute atomic E-state index is 11.3. The van der Waals surface area contributed by atoms with E-state index in [-0.39, 0.29) is 24.5 Å². The van der Waals surface area contributed by atoms with Gasteiger partial charge >= 0.3 is 0 Å². The predicted molar refractivity (Wildman–Crippen MR) is 117 cm³/mol. The quantitative estimate of drug-likeness (QED) is 0.522. The Morgan fingerprint density at radius 3 is 2.19 bits per heavy atom. The van der Waals surface area contributed by atoms with Crippen LogP contribution in [-0.4, -0.2) is 32.7 Å². The molecule has 2 aliphatic rings. The molecule has 6 heteroatoms. The van der Waals surface area contributed by atoms with Gasteiger partial charge in [0.2, 0.25) is 6.79 Å². The molecule has 1 N–H and O–H groups in total. The van der Waals surface area contributed by atoms with Crippen LogP contribution in [0.2, 0.25) is 0 Å². The average molecular weight is 424 g/mol. The highest BCUT2D eigenvalue weighted by Crippen LogP contribution is 2.53. The number of benzene rings is 2. The maximum atomic E-state index is 11.3. The van der Waals surface area contributed by atoms with Crippen LogP contribution in [0.15, 0.2) is 49.8 Å². The fourth-order valence-corrected chi connectivity index (χ4v) is 4.77. The lowest BCUT2D eigenvalue weighted by Crippen LogP contribution is -2.35. The van der Waals surface area contributed by atoms with Crippen LogP contribution >= 0.6 is 0 Å². The van der Waals surface area contributed by atoms with Gasteiger partial charge in [-0.05, 0) is 53.8 Å². The van der Waals surface area contributed by atoms with E-state index in [0.717, 1.165) is 33.8 Å². The Hall–Kier alpha value is -3.12. The number of aliphatic hydroxyl groups is 1. The van der Waals surface area contributed by atoms with E-state index in [0.29, 0.717) is 18.1 Å². The molecule has 6 nitrogen and oxygen atoms in total. The molecule has 0 saturated carbocycles. The number of fused-ring (bicyclic) bond motifs is 2. The fourth-order valence-electron chi connectivity index (χ4n) is 4.77. The molecule has 4 atom stereocenters. The van der Waals surface area contributed by atoms with E-state index in [9.17, 15) is 5.11 Å². The summed E-state index contributed by atoms with van der Waals surface area (Å²) in [4.78, 5) is 0. The van der Waals surface area contributed by atoms with Crippen molar-refractivity contribution in [2.45, 2.75) is 18.9 Å². The molecule has 4 unspecified atom stereocenters. The highest BCUT2D eigenvalue weighted by molar-refractivity contribution is 5.57. The molecule has 4 rings (SSSR count). The summed E-state index contributed by atoms with van der Waals surface area (Å²) in [6.07, 6.45) is 2.53.